The second-order valence-electron chi connectivity index (χ2n) is 5.10. The molecular formula is C15H20ClN3O2. The second-order valence-corrected chi connectivity index (χ2v) is 5.54. The number of carbonyl (C=O) groups excluding carboxylic acids is 1. The number of nitrogens with one attached hydrogen (secondary N) is 2. The van der Waals surface area contributed by atoms with Crippen molar-refractivity contribution in [2.75, 3.05) is 6.61 Å². The Balaban J connectivity index is 1.98. The van der Waals surface area contributed by atoms with Crippen LogP contribution in [0.2, 0.25) is 5.02 Å². The van der Waals surface area contributed by atoms with Gasteiger partial charge in [0.1, 0.15) is 12.4 Å². The summed E-state index contributed by atoms with van der Waals surface area (Å²) in [6, 6.07) is 5.23. The molecule has 1 aromatic carbocycles. The van der Waals surface area contributed by atoms with Crippen LogP contribution in [0.3, 0.4) is 0 Å². The van der Waals surface area contributed by atoms with Gasteiger partial charge in [-0.1, -0.05) is 18.5 Å². The Labute approximate surface area is 129 Å². The Hall–Kier alpha value is -1.59. The molecule has 0 aliphatic carbocycles. The van der Waals surface area contributed by atoms with E-state index in [1.54, 1.807) is 6.07 Å². The van der Waals surface area contributed by atoms with E-state index < -0.39 is 0 Å². The molecule has 0 aliphatic rings. The summed E-state index contributed by atoms with van der Waals surface area (Å²) in [4.78, 5) is 19.4. The first-order chi connectivity index (χ1) is 9.99. The quantitative estimate of drug-likeness (QED) is 0.861. The van der Waals surface area contributed by atoms with Gasteiger partial charge in [0.05, 0.1) is 23.2 Å². The van der Waals surface area contributed by atoms with Crippen molar-refractivity contribution in [3.8, 4) is 0 Å². The number of hydrogen-bond acceptors (Lipinski definition) is 3. The van der Waals surface area contributed by atoms with Gasteiger partial charge in [-0.3, -0.25) is 4.79 Å². The van der Waals surface area contributed by atoms with E-state index in [0.29, 0.717) is 10.8 Å². The number of benzene rings is 1. The zero-order valence-corrected chi connectivity index (χ0v) is 13.2. The topological polar surface area (TPSA) is 67.0 Å². The summed E-state index contributed by atoms with van der Waals surface area (Å²) < 4.78 is 5.40. The Bertz CT molecular complexity index is 626. The zero-order chi connectivity index (χ0) is 15.4. The molecule has 0 radical (unpaired) electrons. The molecule has 2 aromatic rings. The molecule has 1 amide bonds. The Morgan fingerprint density at radius 3 is 2.95 bits per heavy atom. The molecular weight excluding hydrogens is 290 g/mol. The average Bonchev–Trinajstić information content (AvgIpc) is 2.87. The lowest BCUT2D eigenvalue weighted by molar-refractivity contribution is -0.128. The van der Waals surface area contributed by atoms with Gasteiger partial charge in [-0.25, -0.2) is 4.98 Å². The van der Waals surface area contributed by atoms with Gasteiger partial charge in [-0.05, 0) is 38.5 Å². The van der Waals surface area contributed by atoms with Gasteiger partial charge in [0.15, 0.2) is 0 Å². The molecule has 0 saturated carbocycles. The standard InChI is InChI=1S/C15H20ClN3O2/c1-4-9(2)21-8-14(20)17-10(3)15-18-12-6-5-11(16)7-13(12)19-15/h5-7,9-10H,4,8H2,1-3H3,(H,17,20)(H,18,19)/t9-,10+/m0/s1. The van der Waals surface area contributed by atoms with Crippen LogP contribution in [0.5, 0.6) is 0 Å². The number of nitrogens with zero attached hydrogens (tertiary/aromatic N) is 1. The number of hydrogen-bond donors (Lipinski definition) is 2. The van der Waals surface area contributed by atoms with E-state index in [-0.39, 0.29) is 24.7 Å². The van der Waals surface area contributed by atoms with Crippen LogP contribution >= 0.6 is 11.6 Å². The molecule has 5 nitrogen and oxygen atoms in total. The van der Waals surface area contributed by atoms with Crippen LogP contribution in [0, 0.1) is 0 Å². The molecule has 0 fully saturated rings. The smallest absolute Gasteiger partial charge is 0.246 e. The molecule has 2 rings (SSSR count). The Kier molecular flexibility index (Phi) is 5.20. The molecule has 1 heterocycles. The molecule has 0 bridgehead atoms. The third-order valence-corrected chi connectivity index (χ3v) is 3.56. The summed E-state index contributed by atoms with van der Waals surface area (Å²) in [6.07, 6.45) is 0.965. The minimum atomic E-state index is -0.218. The summed E-state index contributed by atoms with van der Waals surface area (Å²) in [5.74, 6) is 0.547. The number of imidazole rings is 1. The number of aromatic nitrogens is 2. The monoisotopic (exact) mass is 309 g/mol. The summed E-state index contributed by atoms with van der Waals surface area (Å²) in [6.45, 7) is 5.90. The molecule has 21 heavy (non-hydrogen) atoms. The number of ether oxygens (including phenoxy) is 1. The molecule has 6 heteroatoms. The highest BCUT2D eigenvalue weighted by molar-refractivity contribution is 6.31. The van der Waals surface area contributed by atoms with Crippen molar-refractivity contribution in [2.24, 2.45) is 0 Å². The number of H-pyrrole nitrogens is 1. The number of carbonyl (C=O) groups is 1. The fraction of sp³-hybridized carbons (Fsp3) is 0.467. The maximum absolute atomic E-state index is 11.8. The van der Waals surface area contributed by atoms with E-state index in [1.807, 2.05) is 32.9 Å². The highest BCUT2D eigenvalue weighted by atomic mass is 35.5. The average molecular weight is 310 g/mol. The maximum Gasteiger partial charge on any atom is 0.246 e. The van der Waals surface area contributed by atoms with Crippen LogP contribution < -0.4 is 5.32 Å². The van der Waals surface area contributed by atoms with Crippen molar-refractivity contribution in [3.63, 3.8) is 0 Å². The van der Waals surface area contributed by atoms with Gasteiger partial charge in [0, 0.05) is 5.02 Å². The summed E-state index contributed by atoms with van der Waals surface area (Å²) in [7, 11) is 0. The molecule has 114 valence electrons. The van der Waals surface area contributed by atoms with Gasteiger partial charge in [-0.15, -0.1) is 0 Å². The SMILES string of the molecule is CC[C@H](C)OCC(=O)N[C@H](C)c1nc2ccc(Cl)cc2[nH]1. The normalized spacial score (nSPS) is 14.1. The van der Waals surface area contributed by atoms with Crippen molar-refractivity contribution >= 4 is 28.5 Å². The molecule has 0 spiro atoms. The summed E-state index contributed by atoms with van der Waals surface area (Å²) in [5.41, 5.74) is 1.68. The third kappa shape index (κ3) is 4.19. The van der Waals surface area contributed by atoms with Crippen molar-refractivity contribution in [2.45, 2.75) is 39.3 Å². The number of halogens is 1. The first-order valence-electron chi connectivity index (χ1n) is 7.05. The number of amides is 1. The van der Waals surface area contributed by atoms with Gasteiger partial charge < -0.3 is 15.0 Å². The molecule has 0 unspecified atom stereocenters. The van der Waals surface area contributed by atoms with Gasteiger partial charge in [0.25, 0.3) is 0 Å². The highest BCUT2D eigenvalue weighted by Gasteiger charge is 2.14. The van der Waals surface area contributed by atoms with Gasteiger partial charge >= 0.3 is 0 Å². The van der Waals surface area contributed by atoms with E-state index in [1.165, 1.54) is 0 Å². The first kappa shape index (κ1) is 15.8. The molecule has 1 aromatic heterocycles. The highest BCUT2D eigenvalue weighted by Crippen LogP contribution is 2.19. The molecule has 0 saturated heterocycles. The van der Waals surface area contributed by atoms with Crippen LogP contribution in [0.1, 0.15) is 39.1 Å². The van der Waals surface area contributed by atoms with Crippen LogP contribution in [0.25, 0.3) is 11.0 Å². The largest absolute Gasteiger partial charge is 0.369 e. The predicted molar refractivity (Wildman–Crippen MR) is 83.4 cm³/mol. The van der Waals surface area contributed by atoms with Gasteiger partial charge in [-0.2, -0.15) is 0 Å². The van der Waals surface area contributed by atoms with E-state index in [2.05, 4.69) is 15.3 Å². The number of rotatable bonds is 6. The van der Waals surface area contributed by atoms with E-state index >= 15 is 0 Å². The summed E-state index contributed by atoms with van der Waals surface area (Å²) >= 11 is 5.94. The van der Waals surface area contributed by atoms with Gasteiger partial charge in [0.2, 0.25) is 5.91 Å². The van der Waals surface area contributed by atoms with E-state index in [4.69, 9.17) is 16.3 Å². The summed E-state index contributed by atoms with van der Waals surface area (Å²) in [5, 5.41) is 3.51. The lowest BCUT2D eigenvalue weighted by Gasteiger charge is -2.13. The third-order valence-electron chi connectivity index (χ3n) is 3.32. The molecule has 2 atom stereocenters. The molecule has 0 aliphatic heterocycles. The van der Waals surface area contributed by atoms with Crippen LogP contribution in [0.15, 0.2) is 18.2 Å². The zero-order valence-electron chi connectivity index (χ0n) is 12.4. The van der Waals surface area contributed by atoms with Crippen molar-refractivity contribution in [3.05, 3.63) is 29.0 Å². The minimum absolute atomic E-state index is 0.0609. The Morgan fingerprint density at radius 1 is 1.48 bits per heavy atom. The lowest BCUT2D eigenvalue weighted by atomic mass is 10.3. The predicted octanol–water partition coefficient (Wildman–Crippen LogP) is 3.21. The van der Waals surface area contributed by atoms with Crippen molar-refractivity contribution < 1.29 is 9.53 Å². The lowest BCUT2D eigenvalue weighted by Crippen LogP contribution is -2.31. The first-order valence-corrected chi connectivity index (χ1v) is 7.43. The number of aromatic amines is 1. The molecule has 2 N–H and O–H groups in total. The van der Waals surface area contributed by atoms with E-state index in [0.717, 1.165) is 17.5 Å². The van der Waals surface area contributed by atoms with E-state index in [9.17, 15) is 4.79 Å². The fourth-order valence-electron chi connectivity index (χ4n) is 1.89. The fourth-order valence-corrected chi connectivity index (χ4v) is 2.07. The van der Waals surface area contributed by atoms with Crippen LogP contribution in [0.4, 0.5) is 0 Å². The van der Waals surface area contributed by atoms with Crippen LogP contribution in [-0.2, 0) is 9.53 Å². The second kappa shape index (κ2) is 6.91. The minimum Gasteiger partial charge on any atom is -0.369 e. The number of fused-ring (bicyclic) bond motifs is 1. The maximum atomic E-state index is 11.8. The Morgan fingerprint density at radius 2 is 2.24 bits per heavy atom. The van der Waals surface area contributed by atoms with Crippen molar-refractivity contribution in [1.29, 1.82) is 0 Å². The van der Waals surface area contributed by atoms with Crippen molar-refractivity contribution in [1.82, 2.24) is 15.3 Å². The van der Waals surface area contributed by atoms with Crippen LogP contribution in [-0.4, -0.2) is 28.6 Å².